The van der Waals surface area contributed by atoms with Gasteiger partial charge in [-0.3, -0.25) is 0 Å². The van der Waals surface area contributed by atoms with E-state index in [1.54, 1.807) is 30.3 Å². The summed E-state index contributed by atoms with van der Waals surface area (Å²) in [6.45, 7) is 1.90. The van der Waals surface area contributed by atoms with Gasteiger partial charge in [0.15, 0.2) is 5.76 Å². The van der Waals surface area contributed by atoms with Crippen LogP contribution in [0.25, 0.3) is 11.8 Å². The molecule has 0 unspecified atom stereocenters. The lowest BCUT2D eigenvalue weighted by Crippen LogP contribution is -2.06. The molecule has 25 heavy (non-hydrogen) atoms. The molecule has 0 fully saturated rings. The van der Waals surface area contributed by atoms with Crippen molar-refractivity contribution in [1.29, 1.82) is 0 Å². The summed E-state index contributed by atoms with van der Waals surface area (Å²) in [5.74, 6) is 0.285. The van der Waals surface area contributed by atoms with Gasteiger partial charge in [-0.05, 0) is 30.7 Å². The second kappa shape index (κ2) is 7.36. The number of aryl methyl sites for hydroxylation is 1. The van der Waals surface area contributed by atoms with Crippen LogP contribution >= 0.6 is 0 Å². The molecule has 126 valence electrons. The van der Waals surface area contributed by atoms with Crippen molar-refractivity contribution in [3.63, 3.8) is 0 Å². The summed E-state index contributed by atoms with van der Waals surface area (Å²) in [7, 11) is -3.91. The van der Waals surface area contributed by atoms with Crippen molar-refractivity contribution in [3.8, 4) is 0 Å². The molecule has 3 aromatic rings. The van der Waals surface area contributed by atoms with Crippen LogP contribution in [-0.4, -0.2) is 8.42 Å². The summed E-state index contributed by atoms with van der Waals surface area (Å²) >= 11 is 0. The van der Waals surface area contributed by atoms with Gasteiger partial charge in [-0.2, -0.15) is 8.42 Å². The second-order valence-corrected chi connectivity index (χ2v) is 7.18. The lowest BCUT2D eigenvalue weighted by Gasteiger charge is -2.11. The minimum absolute atomic E-state index is 0.132. The molecule has 0 aromatic heterocycles. The molecule has 4 heteroatoms. The van der Waals surface area contributed by atoms with Crippen LogP contribution in [0.1, 0.15) is 16.7 Å². The Hall–Kier alpha value is -2.85. The molecule has 3 aromatic carbocycles. The van der Waals surface area contributed by atoms with E-state index in [1.807, 2.05) is 67.6 Å². The van der Waals surface area contributed by atoms with Gasteiger partial charge in [0.1, 0.15) is 4.90 Å². The molecule has 0 saturated carbocycles. The van der Waals surface area contributed by atoms with Crippen LogP contribution in [0.15, 0.2) is 89.8 Å². The predicted octanol–water partition coefficient (Wildman–Crippen LogP) is 4.90. The van der Waals surface area contributed by atoms with Crippen molar-refractivity contribution in [2.24, 2.45) is 0 Å². The topological polar surface area (TPSA) is 43.4 Å². The third-order valence-electron chi connectivity index (χ3n) is 3.66. The van der Waals surface area contributed by atoms with Gasteiger partial charge in [0, 0.05) is 5.56 Å². The van der Waals surface area contributed by atoms with Crippen LogP contribution < -0.4 is 0 Å². The van der Waals surface area contributed by atoms with Crippen molar-refractivity contribution in [1.82, 2.24) is 0 Å². The first-order valence-electron chi connectivity index (χ1n) is 7.88. The molecule has 0 N–H and O–H groups in total. The Morgan fingerprint density at radius 3 is 1.96 bits per heavy atom. The van der Waals surface area contributed by atoms with Gasteiger partial charge in [0.25, 0.3) is 0 Å². The van der Waals surface area contributed by atoms with Gasteiger partial charge in [0.2, 0.25) is 0 Å². The van der Waals surface area contributed by atoms with Crippen molar-refractivity contribution in [2.45, 2.75) is 11.8 Å². The highest BCUT2D eigenvalue weighted by molar-refractivity contribution is 7.87. The molecule has 0 heterocycles. The average Bonchev–Trinajstić information content (AvgIpc) is 2.63. The second-order valence-electron chi connectivity index (χ2n) is 5.64. The molecule has 0 aliphatic carbocycles. The first-order valence-corrected chi connectivity index (χ1v) is 9.29. The molecule has 0 aliphatic heterocycles. The van der Waals surface area contributed by atoms with E-state index in [0.29, 0.717) is 5.56 Å². The van der Waals surface area contributed by atoms with Crippen LogP contribution in [0.2, 0.25) is 0 Å². The number of benzene rings is 3. The maximum atomic E-state index is 12.7. The molecule has 0 saturated heterocycles. The van der Waals surface area contributed by atoms with E-state index in [-0.39, 0.29) is 10.7 Å². The van der Waals surface area contributed by atoms with Crippen molar-refractivity contribution in [3.05, 3.63) is 102 Å². The molecule has 0 radical (unpaired) electrons. The van der Waals surface area contributed by atoms with Gasteiger partial charge in [-0.15, -0.1) is 0 Å². The van der Waals surface area contributed by atoms with Crippen LogP contribution in [0.4, 0.5) is 0 Å². The van der Waals surface area contributed by atoms with E-state index >= 15 is 0 Å². The highest BCUT2D eigenvalue weighted by atomic mass is 32.2. The van der Waals surface area contributed by atoms with Crippen LogP contribution in [-0.2, 0) is 14.3 Å². The predicted molar refractivity (Wildman–Crippen MR) is 100 cm³/mol. The Balaban J connectivity index is 2.01. The lowest BCUT2D eigenvalue weighted by atomic mass is 10.1. The average molecular weight is 350 g/mol. The molecule has 0 aliphatic rings. The Labute approximate surface area is 148 Å². The number of hydrogen-bond donors (Lipinski definition) is 0. The van der Waals surface area contributed by atoms with E-state index in [0.717, 1.165) is 11.1 Å². The maximum absolute atomic E-state index is 12.7. The van der Waals surface area contributed by atoms with Gasteiger partial charge in [-0.25, -0.2) is 0 Å². The van der Waals surface area contributed by atoms with Gasteiger partial charge in [-0.1, -0.05) is 78.4 Å². The van der Waals surface area contributed by atoms with E-state index in [1.165, 1.54) is 0 Å². The van der Waals surface area contributed by atoms with E-state index in [2.05, 4.69) is 0 Å². The Kier molecular flexibility index (Phi) is 5.00. The van der Waals surface area contributed by atoms with Gasteiger partial charge >= 0.3 is 10.1 Å². The normalized spacial score (nSPS) is 12.0. The minimum Gasteiger partial charge on any atom is -0.378 e. The summed E-state index contributed by atoms with van der Waals surface area (Å²) in [5.41, 5.74) is 2.55. The molecule has 3 rings (SSSR count). The zero-order valence-electron chi connectivity index (χ0n) is 13.8. The first kappa shape index (κ1) is 17.0. The fourth-order valence-electron chi connectivity index (χ4n) is 2.33. The molecule has 0 amide bonds. The maximum Gasteiger partial charge on any atom is 0.339 e. The van der Waals surface area contributed by atoms with Crippen LogP contribution in [0.3, 0.4) is 0 Å². The van der Waals surface area contributed by atoms with Crippen LogP contribution in [0.5, 0.6) is 0 Å². The molecular weight excluding hydrogens is 332 g/mol. The zero-order valence-corrected chi connectivity index (χ0v) is 14.6. The molecule has 0 spiro atoms. The third-order valence-corrected chi connectivity index (χ3v) is 4.91. The molecule has 0 bridgehead atoms. The van der Waals surface area contributed by atoms with Gasteiger partial charge < -0.3 is 4.18 Å². The summed E-state index contributed by atoms with van der Waals surface area (Å²) < 4.78 is 30.8. The summed E-state index contributed by atoms with van der Waals surface area (Å²) in [6.07, 6.45) is 1.72. The summed E-state index contributed by atoms with van der Waals surface area (Å²) in [6, 6.07) is 25.3. The summed E-state index contributed by atoms with van der Waals surface area (Å²) in [5, 5.41) is 0. The van der Waals surface area contributed by atoms with Crippen molar-refractivity contribution in [2.75, 3.05) is 0 Å². The smallest absolute Gasteiger partial charge is 0.339 e. The molecule has 3 nitrogen and oxygen atoms in total. The van der Waals surface area contributed by atoms with Crippen molar-refractivity contribution < 1.29 is 12.6 Å². The zero-order chi connectivity index (χ0) is 17.7. The largest absolute Gasteiger partial charge is 0.378 e. The van der Waals surface area contributed by atoms with Crippen LogP contribution in [0, 0.1) is 6.92 Å². The van der Waals surface area contributed by atoms with E-state index in [9.17, 15) is 8.42 Å². The lowest BCUT2D eigenvalue weighted by molar-refractivity contribution is 0.465. The standard InChI is InChI=1S/C21H18O3S/c1-17-12-14-20(15-13-17)25(22,23)24-21(19-10-6-3-7-11-19)16-18-8-4-2-5-9-18/h2-16H,1H3. The van der Waals surface area contributed by atoms with Crippen molar-refractivity contribution >= 4 is 22.0 Å². The minimum atomic E-state index is -3.91. The van der Waals surface area contributed by atoms with E-state index in [4.69, 9.17) is 4.18 Å². The van der Waals surface area contributed by atoms with E-state index < -0.39 is 10.1 Å². The highest BCUT2D eigenvalue weighted by Gasteiger charge is 2.19. The number of hydrogen-bond acceptors (Lipinski definition) is 3. The molecule has 0 atom stereocenters. The Morgan fingerprint density at radius 2 is 1.36 bits per heavy atom. The quantitative estimate of drug-likeness (QED) is 0.373. The third kappa shape index (κ3) is 4.37. The monoisotopic (exact) mass is 350 g/mol. The highest BCUT2D eigenvalue weighted by Crippen LogP contribution is 2.25. The fraction of sp³-hybridized carbons (Fsp3) is 0.0476. The first-order chi connectivity index (χ1) is 12.0. The van der Waals surface area contributed by atoms with Gasteiger partial charge in [0.05, 0.1) is 0 Å². The fourth-order valence-corrected chi connectivity index (χ4v) is 3.28. The molecular formula is C21H18O3S. The number of rotatable bonds is 5. The Morgan fingerprint density at radius 1 is 0.800 bits per heavy atom. The Bertz CT molecular complexity index is 959. The SMILES string of the molecule is Cc1ccc(S(=O)(=O)OC(=Cc2ccccc2)c2ccccc2)cc1. The summed E-state index contributed by atoms with van der Waals surface area (Å²) in [4.78, 5) is 0.132.